The summed E-state index contributed by atoms with van der Waals surface area (Å²) in [5.74, 6) is -0.391. The maximum absolute atomic E-state index is 12.8. The molecule has 128 valence electrons. The van der Waals surface area contributed by atoms with Crippen molar-refractivity contribution in [3.63, 3.8) is 0 Å². The zero-order valence-corrected chi connectivity index (χ0v) is 14.5. The molecule has 0 aliphatic heterocycles. The molecule has 0 fully saturated rings. The van der Waals surface area contributed by atoms with Crippen LogP contribution in [0.2, 0.25) is 0 Å². The number of aryl methyl sites for hydroxylation is 1. The molecule has 1 N–H and O–H groups in total. The van der Waals surface area contributed by atoms with Gasteiger partial charge in [0.1, 0.15) is 0 Å². The lowest BCUT2D eigenvalue weighted by Gasteiger charge is -2.31. The summed E-state index contributed by atoms with van der Waals surface area (Å²) in [6.07, 6.45) is 10.4. The number of anilines is 1. The van der Waals surface area contributed by atoms with Crippen molar-refractivity contribution >= 4 is 17.3 Å². The van der Waals surface area contributed by atoms with Crippen molar-refractivity contribution in [2.45, 2.75) is 18.9 Å². The highest BCUT2D eigenvalue weighted by Crippen LogP contribution is 2.32. The van der Waals surface area contributed by atoms with E-state index in [9.17, 15) is 9.59 Å². The van der Waals surface area contributed by atoms with Gasteiger partial charge in [0.15, 0.2) is 11.6 Å². The van der Waals surface area contributed by atoms with E-state index >= 15 is 0 Å². The third-order valence-electron chi connectivity index (χ3n) is 4.80. The molecule has 2 aliphatic rings. The highest BCUT2D eigenvalue weighted by Gasteiger charge is 2.36. The van der Waals surface area contributed by atoms with Gasteiger partial charge in [-0.05, 0) is 37.1 Å². The molecule has 0 aromatic heterocycles. The van der Waals surface area contributed by atoms with Crippen molar-refractivity contribution < 1.29 is 9.59 Å². The number of nitrogens with one attached hydrogen (secondary N) is 1. The molecule has 1 unspecified atom stereocenters. The number of allylic oxidation sites excluding steroid dienone is 3. The molecule has 2 aliphatic carbocycles. The summed E-state index contributed by atoms with van der Waals surface area (Å²) in [6, 6.07) is 15.1. The molecule has 0 heterocycles. The standard InChI is InChI=1S/C23H19NO2/c1-16-8-7-9-17(14-16)24-23(12-5-2-6-13-23)15-20-21(25)18-10-3-4-11-19(18)22(20)26/h2-12,14-15,24H,13H2,1H3. The Morgan fingerprint density at radius 2 is 1.69 bits per heavy atom. The maximum atomic E-state index is 12.8. The Balaban J connectivity index is 1.76. The zero-order valence-electron chi connectivity index (χ0n) is 14.5. The maximum Gasteiger partial charge on any atom is 0.197 e. The van der Waals surface area contributed by atoms with Crippen molar-refractivity contribution in [1.29, 1.82) is 0 Å². The van der Waals surface area contributed by atoms with Crippen LogP contribution in [0.4, 0.5) is 5.69 Å². The first-order valence-electron chi connectivity index (χ1n) is 8.68. The van der Waals surface area contributed by atoms with Gasteiger partial charge >= 0.3 is 0 Å². The minimum Gasteiger partial charge on any atom is -0.372 e. The lowest BCUT2D eigenvalue weighted by atomic mass is 9.87. The molecule has 0 saturated heterocycles. The highest BCUT2D eigenvalue weighted by atomic mass is 16.2. The fraction of sp³-hybridized carbons (Fsp3) is 0.130. The summed E-state index contributed by atoms with van der Waals surface area (Å²) < 4.78 is 0. The molecular weight excluding hydrogens is 322 g/mol. The number of benzene rings is 2. The number of Topliss-reactive ketones (excluding diaryl/α,β-unsaturated/α-hetero) is 2. The second-order valence-electron chi connectivity index (χ2n) is 6.79. The average molecular weight is 341 g/mol. The number of fused-ring (bicyclic) bond motifs is 1. The van der Waals surface area contributed by atoms with E-state index in [0.717, 1.165) is 11.3 Å². The van der Waals surface area contributed by atoms with Gasteiger partial charge in [0.2, 0.25) is 0 Å². The first-order chi connectivity index (χ1) is 12.6. The van der Waals surface area contributed by atoms with Gasteiger partial charge in [0.25, 0.3) is 0 Å². The minimum atomic E-state index is -0.606. The van der Waals surface area contributed by atoms with Crippen LogP contribution in [-0.2, 0) is 0 Å². The van der Waals surface area contributed by atoms with Crippen LogP contribution in [0.3, 0.4) is 0 Å². The molecule has 2 aromatic rings. The Morgan fingerprint density at radius 3 is 2.31 bits per heavy atom. The van der Waals surface area contributed by atoms with Crippen LogP contribution < -0.4 is 5.32 Å². The van der Waals surface area contributed by atoms with Crippen LogP contribution in [0.25, 0.3) is 0 Å². The summed E-state index contributed by atoms with van der Waals surface area (Å²) >= 11 is 0. The normalized spacial score (nSPS) is 21.0. The van der Waals surface area contributed by atoms with Gasteiger partial charge in [0.05, 0.1) is 11.1 Å². The Hall–Kier alpha value is -3.20. The number of carbonyl (C=O) groups excluding carboxylic acids is 2. The van der Waals surface area contributed by atoms with E-state index < -0.39 is 5.54 Å². The van der Waals surface area contributed by atoms with Crippen molar-refractivity contribution in [3.8, 4) is 0 Å². The second-order valence-corrected chi connectivity index (χ2v) is 6.79. The summed E-state index contributed by atoms with van der Waals surface area (Å²) in [5, 5.41) is 3.51. The largest absolute Gasteiger partial charge is 0.372 e. The molecule has 0 bridgehead atoms. The van der Waals surface area contributed by atoms with Gasteiger partial charge < -0.3 is 5.32 Å². The van der Waals surface area contributed by atoms with Gasteiger partial charge in [-0.25, -0.2) is 0 Å². The summed E-state index contributed by atoms with van der Waals surface area (Å²) in [4.78, 5) is 25.5. The van der Waals surface area contributed by atoms with E-state index in [0.29, 0.717) is 17.5 Å². The van der Waals surface area contributed by atoms with Crippen LogP contribution in [0, 0.1) is 6.92 Å². The SMILES string of the molecule is Cc1cccc(NC2(C=C3C(=O)c4ccccc4C3=O)C=CC=CC2)c1. The quantitative estimate of drug-likeness (QED) is 0.652. The molecule has 26 heavy (non-hydrogen) atoms. The summed E-state index contributed by atoms with van der Waals surface area (Å²) in [7, 11) is 0. The zero-order chi connectivity index (χ0) is 18.1. The van der Waals surface area contributed by atoms with Gasteiger partial charge in [-0.3, -0.25) is 9.59 Å². The van der Waals surface area contributed by atoms with E-state index in [4.69, 9.17) is 0 Å². The second kappa shape index (κ2) is 6.26. The molecule has 0 radical (unpaired) electrons. The molecule has 3 heteroatoms. The molecule has 1 atom stereocenters. The topological polar surface area (TPSA) is 46.2 Å². The van der Waals surface area contributed by atoms with Crippen LogP contribution in [0.5, 0.6) is 0 Å². The van der Waals surface area contributed by atoms with E-state index in [1.54, 1.807) is 30.3 Å². The number of ketones is 2. The molecule has 4 rings (SSSR count). The van der Waals surface area contributed by atoms with Crippen molar-refractivity contribution in [2.24, 2.45) is 0 Å². The van der Waals surface area contributed by atoms with Crippen molar-refractivity contribution in [3.05, 3.63) is 101 Å². The highest BCUT2D eigenvalue weighted by molar-refractivity contribution is 6.39. The van der Waals surface area contributed by atoms with Crippen LogP contribution in [-0.4, -0.2) is 17.1 Å². The van der Waals surface area contributed by atoms with E-state index in [1.807, 2.05) is 49.4 Å². The van der Waals surface area contributed by atoms with Crippen molar-refractivity contribution in [1.82, 2.24) is 0 Å². The molecular formula is C23H19NO2. The third-order valence-corrected chi connectivity index (χ3v) is 4.80. The fourth-order valence-corrected chi connectivity index (χ4v) is 3.53. The van der Waals surface area contributed by atoms with Gasteiger partial charge in [-0.1, -0.05) is 60.7 Å². The predicted octanol–water partition coefficient (Wildman–Crippen LogP) is 4.67. The van der Waals surface area contributed by atoms with Crippen LogP contribution in [0.15, 0.2) is 84.5 Å². The Bertz CT molecular complexity index is 960. The number of hydrogen-bond acceptors (Lipinski definition) is 3. The minimum absolute atomic E-state index is 0.195. The Kier molecular flexibility index (Phi) is 3.92. The fourth-order valence-electron chi connectivity index (χ4n) is 3.53. The van der Waals surface area contributed by atoms with Crippen LogP contribution >= 0.6 is 0 Å². The van der Waals surface area contributed by atoms with Crippen molar-refractivity contribution in [2.75, 3.05) is 5.32 Å². The lowest BCUT2D eigenvalue weighted by Crippen LogP contribution is -2.35. The Morgan fingerprint density at radius 1 is 0.962 bits per heavy atom. The van der Waals surface area contributed by atoms with Crippen LogP contribution in [0.1, 0.15) is 32.7 Å². The summed E-state index contributed by atoms with van der Waals surface area (Å²) in [5.41, 5.74) is 2.72. The van der Waals surface area contributed by atoms with Gasteiger partial charge in [-0.15, -0.1) is 0 Å². The predicted molar refractivity (Wildman–Crippen MR) is 104 cm³/mol. The van der Waals surface area contributed by atoms with Gasteiger partial charge in [0, 0.05) is 16.8 Å². The molecule has 0 amide bonds. The lowest BCUT2D eigenvalue weighted by molar-refractivity contribution is 0.0987. The molecule has 2 aromatic carbocycles. The number of rotatable bonds is 3. The van der Waals surface area contributed by atoms with E-state index in [-0.39, 0.29) is 17.1 Å². The molecule has 0 saturated carbocycles. The first-order valence-corrected chi connectivity index (χ1v) is 8.68. The Labute approximate surface area is 152 Å². The monoisotopic (exact) mass is 341 g/mol. The number of carbonyl (C=O) groups is 2. The summed E-state index contributed by atoms with van der Waals surface area (Å²) in [6.45, 7) is 2.04. The molecule has 3 nitrogen and oxygen atoms in total. The first kappa shape index (κ1) is 16.3. The average Bonchev–Trinajstić information content (AvgIpc) is 2.88. The van der Waals surface area contributed by atoms with E-state index in [1.165, 1.54) is 0 Å². The third kappa shape index (κ3) is 2.82. The van der Waals surface area contributed by atoms with E-state index in [2.05, 4.69) is 11.4 Å². The van der Waals surface area contributed by atoms with Gasteiger partial charge in [-0.2, -0.15) is 0 Å². The smallest absolute Gasteiger partial charge is 0.197 e. The number of hydrogen-bond donors (Lipinski definition) is 1. The molecule has 0 spiro atoms.